The molecule has 5 aromatic carbocycles. The number of hydrogen-bond acceptors (Lipinski definition) is 7. The van der Waals surface area contributed by atoms with Gasteiger partial charge in [0, 0.05) is 31.1 Å². The summed E-state index contributed by atoms with van der Waals surface area (Å²) in [6, 6.07) is 38.8. The minimum Gasteiger partial charge on any atom is -0.508 e. The number of carbonyl (C=O) groups excluding carboxylic acids is 3. The lowest BCUT2D eigenvalue weighted by Crippen LogP contribution is -2.76. The van der Waals surface area contributed by atoms with Crippen molar-refractivity contribution in [1.82, 2.24) is 30.3 Å². The summed E-state index contributed by atoms with van der Waals surface area (Å²) >= 11 is 0. The highest BCUT2D eigenvalue weighted by Gasteiger charge is 2.51. The molecule has 2 fully saturated rings. The second kappa shape index (κ2) is 14.9. The smallest absolute Gasteiger partial charge is 0.334 e. The fraction of sp³-hybridized carbons (Fsp3) is 0.209. The molecular formula is C43H40N6O5. The van der Waals surface area contributed by atoms with Gasteiger partial charge in [0.1, 0.15) is 23.7 Å². The molecule has 0 saturated carbocycles. The maximum atomic E-state index is 14.6. The second-order valence-electron chi connectivity index (χ2n) is 13.9. The van der Waals surface area contributed by atoms with Gasteiger partial charge in [-0.05, 0) is 46.5 Å². The van der Waals surface area contributed by atoms with Crippen molar-refractivity contribution < 1.29 is 24.0 Å². The van der Waals surface area contributed by atoms with Gasteiger partial charge in [0.05, 0.1) is 19.6 Å². The van der Waals surface area contributed by atoms with E-state index >= 15 is 0 Å². The summed E-state index contributed by atoms with van der Waals surface area (Å²) in [5, 5.41) is 22.7. The topological polar surface area (TPSA) is 122 Å². The Morgan fingerprint density at radius 3 is 2.39 bits per heavy atom. The fourth-order valence-electron chi connectivity index (χ4n) is 7.45. The Morgan fingerprint density at radius 1 is 0.852 bits per heavy atom. The normalized spacial score (nSPS) is 17.5. The minimum absolute atomic E-state index is 0.0835. The van der Waals surface area contributed by atoms with Crippen molar-refractivity contribution >= 4 is 28.6 Å². The number of phenols is 1. The summed E-state index contributed by atoms with van der Waals surface area (Å²) in [4.78, 5) is 46.7. The van der Waals surface area contributed by atoms with Gasteiger partial charge in [0.25, 0.3) is 0 Å². The van der Waals surface area contributed by atoms with E-state index in [0.717, 1.165) is 38.6 Å². The Hall–Kier alpha value is -6.46. The summed E-state index contributed by atoms with van der Waals surface area (Å²) in [5.41, 5.74) is 5.32. The van der Waals surface area contributed by atoms with Crippen molar-refractivity contribution in [2.45, 2.75) is 45.2 Å². The third-order valence-electron chi connectivity index (χ3n) is 10.2. The molecule has 8 rings (SSSR count). The number of aromatic nitrogens is 1. The van der Waals surface area contributed by atoms with Crippen molar-refractivity contribution in [1.29, 1.82) is 0 Å². The highest BCUT2D eigenvalue weighted by molar-refractivity contribution is 5.92. The van der Waals surface area contributed by atoms with Crippen molar-refractivity contribution in [3.05, 3.63) is 155 Å². The first-order valence-electron chi connectivity index (χ1n) is 18.0. The molecule has 272 valence electrons. The summed E-state index contributed by atoms with van der Waals surface area (Å²) < 4.78 is 5.79. The van der Waals surface area contributed by atoms with Crippen LogP contribution >= 0.6 is 0 Å². The van der Waals surface area contributed by atoms with Crippen LogP contribution in [0.15, 0.2) is 132 Å². The lowest BCUT2D eigenvalue weighted by atomic mass is 9.97. The molecule has 2 aliphatic heterocycles. The van der Waals surface area contributed by atoms with Crippen LogP contribution in [-0.2, 0) is 35.6 Å². The summed E-state index contributed by atoms with van der Waals surface area (Å²) in [7, 11) is 0. The van der Waals surface area contributed by atoms with E-state index < -0.39 is 18.2 Å². The molecule has 2 aliphatic rings. The molecule has 3 heterocycles. The molecule has 2 saturated heterocycles. The van der Waals surface area contributed by atoms with Crippen LogP contribution in [0.5, 0.6) is 5.75 Å². The van der Waals surface area contributed by atoms with Gasteiger partial charge >= 0.3 is 6.03 Å². The highest BCUT2D eigenvalue weighted by Crippen LogP contribution is 2.32. The summed E-state index contributed by atoms with van der Waals surface area (Å²) in [5.74, 6) is 0.0879. The number of nitrogens with zero attached hydrogens (tertiary/aromatic N) is 5. The van der Waals surface area contributed by atoms with Gasteiger partial charge < -0.3 is 24.7 Å². The summed E-state index contributed by atoms with van der Waals surface area (Å²) in [6.45, 7) is 2.57. The first kappa shape index (κ1) is 34.6. The predicted octanol–water partition coefficient (Wildman–Crippen LogP) is 6.26. The van der Waals surface area contributed by atoms with Crippen molar-refractivity contribution in [3.63, 3.8) is 0 Å². The van der Waals surface area contributed by atoms with Gasteiger partial charge in [-0.3, -0.25) is 9.59 Å². The molecule has 6 aromatic rings. The van der Waals surface area contributed by atoms with Gasteiger partial charge in [-0.25, -0.2) is 9.80 Å². The molecule has 0 spiro atoms. The Labute approximate surface area is 313 Å². The Kier molecular flexibility index (Phi) is 9.54. The van der Waals surface area contributed by atoms with Gasteiger partial charge in [0.15, 0.2) is 5.76 Å². The van der Waals surface area contributed by atoms with Crippen molar-refractivity contribution in [3.8, 4) is 17.0 Å². The number of rotatable bonds is 9. The molecule has 2 N–H and O–H groups in total. The molecule has 0 radical (unpaired) electrons. The standard InChI is InChI=1S/C43H40N6O5/c1-29-14-18-33(19-15-29)38-23-36(54-45-38)26-47-28-41(51)48-39(22-30-16-20-35(50)21-17-30)42(52)46(25-34-12-7-11-32-10-5-6-13-37(32)34)27-40(48)49(47)43(53)44-24-31-8-3-2-4-9-31/h2-21,23,39-40,50H,22,24-28H2,1H3,(H,44,53)/t39-,40-/m0/s1. The number of aryl methyl sites for hydroxylation is 1. The summed E-state index contributed by atoms with van der Waals surface area (Å²) in [6.07, 6.45) is -0.634. The van der Waals surface area contributed by atoms with Gasteiger partial charge in [-0.1, -0.05) is 120 Å². The number of benzene rings is 5. The van der Waals surface area contributed by atoms with Crippen molar-refractivity contribution in [2.24, 2.45) is 0 Å². The van der Waals surface area contributed by atoms with Crippen LogP contribution in [0.4, 0.5) is 4.79 Å². The van der Waals surface area contributed by atoms with Crippen LogP contribution in [0, 0.1) is 6.92 Å². The molecule has 1 aromatic heterocycles. The molecule has 4 amide bonds. The van der Waals surface area contributed by atoms with Crippen LogP contribution < -0.4 is 5.32 Å². The molecule has 54 heavy (non-hydrogen) atoms. The van der Waals surface area contributed by atoms with Crippen LogP contribution in [-0.4, -0.2) is 73.2 Å². The first-order chi connectivity index (χ1) is 26.3. The van der Waals surface area contributed by atoms with E-state index in [1.165, 1.54) is 0 Å². The Balaban J connectivity index is 1.16. The number of phenolic OH excluding ortho intramolecular Hbond substituents is 1. The number of amides is 4. The average molecular weight is 721 g/mol. The molecule has 0 bridgehead atoms. The number of piperazine rings is 1. The number of urea groups is 1. The first-order valence-corrected chi connectivity index (χ1v) is 18.0. The van der Waals surface area contributed by atoms with Crippen LogP contribution in [0.1, 0.15) is 28.0 Å². The van der Waals surface area contributed by atoms with Crippen molar-refractivity contribution in [2.75, 3.05) is 13.1 Å². The van der Waals surface area contributed by atoms with E-state index in [9.17, 15) is 19.5 Å². The van der Waals surface area contributed by atoms with E-state index in [0.29, 0.717) is 11.5 Å². The third-order valence-corrected chi connectivity index (χ3v) is 10.2. The third kappa shape index (κ3) is 7.13. The number of hydrogen-bond donors (Lipinski definition) is 2. The zero-order valence-electron chi connectivity index (χ0n) is 29.8. The van der Waals surface area contributed by atoms with E-state index in [2.05, 4.69) is 10.5 Å². The van der Waals surface area contributed by atoms with Crippen LogP contribution in [0.2, 0.25) is 0 Å². The number of carbonyl (C=O) groups is 3. The molecule has 0 unspecified atom stereocenters. The van der Waals surface area contributed by atoms with E-state index in [1.54, 1.807) is 44.1 Å². The number of aromatic hydroxyl groups is 1. The molecule has 0 aliphatic carbocycles. The number of fused-ring (bicyclic) bond motifs is 2. The predicted molar refractivity (Wildman–Crippen MR) is 203 cm³/mol. The number of hydrazine groups is 1. The van der Waals surface area contributed by atoms with Gasteiger partial charge in [0.2, 0.25) is 11.8 Å². The maximum Gasteiger partial charge on any atom is 0.334 e. The average Bonchev–Trinajstić information content (AvgIpc) is 3.65. The zero-order valence-corrected chi connectivity index (χ0v) is 29.8. The van der Waals surface area contributed by atoms with Gasteiger partial charge in [-0.2, -0.15) is 5.01 Å². The molecule has 11 nitrogen and oxygen atoms in total. The SMILES string of the molecule is Cc1ccc(-c2cc(CN3CC(=O)N4[C@@H](Cc5ccc(O)cc5)C(=O)N(Cc5cccc6ccccc56)C[C@@H]4N3C(=O)NCc3ccccc3)on2)cc1. The molecule has 2 atom stereocenters. The second-order valence-corrected chi connectivity index (χ2v) is 13.9. The fourth-order valence-corrected chi connectivity index (χ4v) is 7.45. The van der Waals surface area contributed by atoms with E-state index in [-0.39, 0.29) is 56.7 Å². The van der Waals surface area contributed by atoms with Crippen LogP contribution in [0.25, 0.3) is 22.0 Å². The quantitative estimate of drug-likeness (QED) is 0.181. The number of nitrogens with one attached hydrogen (secondary N) is 1. The van der Waals surface area contributed by atoms with Gasteiger partial charge in [-0.15, -0.1) is 0 Å². The van der Waals surface area contributed by atoms with E-state index in [1.807, 2.05) is 110 Å². The maximum absolute atomic E-state index is 14.6. The Bertz CT molecular complexity index is 2290. The largest absolute Gasteiger partial charge is 0.508 e. The lowest BCUT2D eigenvalue weighted by molar-refractivity contribution is -0.193. The lowest BCUT2D eigenvalue weighted by Gasteiger charge is -2.55. The minimum atomic E-state index is -0.902. The highest BCUT2D eigenvalue weighted by atomic mass is 16.5. The van der Waals surface area contributed by atoms with E-state index in [4.69, 9.17) is 4.52 Å². The zero-order chi connectivity index (χ0) is 37.2. The molecular weight excluding hydrogens is 681 g/mol. The monoisotopic (exact) mass is 720 g/mol. The molecule has 11 heteroatoms. The van der Waals surface area contributed by atoms with Crippen LogP contribution in [0.3, 0.4) is 0 Å². The Morgan fingerprint density at radius 2 is 1.59 bits per heavy atom.